The zero-order valence-corrected chi connectivity index (χ0v) is 12.4. The molecule has 0 aromatic rings. The third-order valence-corrected chi connectivity index (χ3v) is 4.75. The Morgan fingerprint density at radius 1 is 1.26 bits per heavy atom. The Hall–Kier alpha value is -0.610. The highest BCUT2D eigenvalue weighted by molar-refractivity contribution is 5.84. The van der Waals surface area contributed by atoms with E-state index in [9.17, 15) is 4.79 Å². The summed E-state index contributed by atoms with van der Waals surface area (Å²) in [4.78, 5) is 17.2. The number of amides is 1. The second-order valence-electron chi connectivity index (χ2n) is 6.95. The van der Waals surface area contributed by atoms with Crippen LogP contribution < -0.4 is 5.32 Å². The van der Waals surface area contributed by atoms with Crippen LogP contribution in [0.15, 0.2) is 0 Å². The van der Waals surface area contributed by atoms with E-state index < -0.39 is 0 Å². The molecule has 108 valence electrons. The molecule has 3 rings (SSSR count). The molecule has 2 saturated heterocycles. The van der Waals surface area contributed by atoms with Gasteiger partial charge in [0.2, 0.25) is 5.91 Å². The van der Waals surface area contributed by atoms with E-state index in [4.69, 9.17) is 0 Å². The van der Waals surface area contributed by atoms with Gasteiger partial charge in [0.1, 0.15) is 0 Å². The van der Waals surface area contributed by atoms with Crippen LogP contribution in [0, 0.1) is 5.92 Å². The lowest BCUT2D eigenvalue weighted by molar-refractivity contribution is -0.132. The zero-order chi connectivity index (χ0) is 13.6. The fourth-order valence-corrected chi connectivity index (χ4v) is 3.65. The summed E-state index contributed by atoms with van der Waals surface area (Å²) < 4.78 is 0. The molecule has 2 heterocycles. The van der Waals surface area contributed by atoms with Crippen molar-refractivity contribution in [3.05, 3.63) is 0 Å². The molecule has 0 spiro atoms. The summed E-state index contributed by atoms with van der Waals surface area (Å²) in [5.41, 5.74) is 0. The first kappa shape index (κ1) is 13.4. The Kier molecular flexibility index (Phi) is 3.56. The van der Waals surface area contributed by atoms with E-state index in [0.717, 1.165) is 25.4 Å². The van der Waals surface area contributed by atoms with E-state index in [2.05, 4.69) is 29.0 Å². The fourth-order valence-electron chi connectivity index (χ4n) is 3.65. The van der Waals surface area contributed by atoms with Gasteiger partial charge in [0, 0.05) is 25.2 Å². The van der Waals surface area contributed by atoms with Gasteiger partial charge in [-0.15, -0.1) is 0 Å². The molecule has 3 atom stereocenters. The number of hydrogen-bond acceptors (Lipinski definition) is 3. The lowest BCUT2D eigenvalue weighted by Crippen LogP contribution is -2.46. The Labute approximate surface area is 116 Å². The van der Waals surface area contributed by atoms with Crippen molar-refractivity contribution in [3.63, 3.8) is 0 Å². The number of rotatable bonds is 4. The van der Waals surface area contributed by atoms with E-state index >= 15 is 0 Å². The summed E-state index contributed by atoms with van der Waals surface area (Å²) in [7, 11) is 0. The Bertz CT molecular complexity index is 353. The van der Waals surface area contributed by atoms with Crippen molar-refractivity contribution in [2.45, 2.75) is 70.7 Å². The van der Waals surface area contributed by atoms with Crippen molar-refractivity contribution >= 4 is 5.91 Å². The van der Waals surface area contributed by atoms with Crippen LogP contribution in [0.2, 0.25) is 0 Å². The third kappa shape index (κ3) is 2.65. The van der Waals surface area contributed by atoms with Gasteiger partial charge in [-0.05, 0) is 38.5 Å². The van der Waals surface area contributed by atoms with Gasteiger partial charge >= 0.3 is 0 Å². The van der Waals surface area contributed by atoms with Crippen LogP contribution in [0.25, 0.3) is 0 Å². The maximum absolute atomic E-state index is 12.4. The molecular weight excluding hydrogens is 238 g/mol. The first-order valence-electron chi connectivity index (χ1n) is 7.88. The maximum Gasteiger partial charge on any atom is 0.241 e. The molecule has 0 aromatic carbocycles. The summed E-state index contributed by atoms with van der Waals surface area (Å²) >= 11 is 0. The lowest BCUT2D eigenvalue weighted by atomic mass is 10.1. The molecule has 2 aliphatic heterocycles. The molecule has 0 bridgehead atoms. The SMILES string of the molecule is CC(C)CC1NC(C)C(=O)N1C1CCN(C2CC2)C1. The highest BCUT2D eigenvalue weighted by Gasteiger charge is 2.44. The largest absolute Gasteiger partial charge is 0.321 e. The number of hydrogen-bond donors (Lipinski definition) is 1. The predicted octanol–water partition coefficient (Wildman–Crippen LogP) is 1.42. The van der Waals surface area contributed by atoms with Crippen LogP contribution in [0.4, 0.5) is 0 Å². The normalized spacial score (nSPS) is 36.7. The van der Waals surface area contributed by atoms with Gasteiger partial charge in [-0.2, -0.15) is 0 Å². The Balaban J connectivity index is 1.67. The highest BCUT2D eigenvalue weighted by Crippen LogP contribution is 2.33. The third-order valence-electron chi connectivity index (χ3n) is 4.75. The topological polar surface area (TPSA) is 35.6 Å². The molecule has 1 aliphatic carbocycles. The second-order valence-corrected chi connectivity index (χ2v) is 6.95. The van der Waals surface area contributed by atoms with Gasteiger partial charge in [-0.3, -0.25) is 15.0 Å². The summed E-state index contributed by atoms with van der Waals surface area (Å²) in [6.45, 7) is 8.75. The van der Waals surface area contributed by atoms with Crippen molar-refractivity contribution < 1.29 is 4.79 Å². The average molecular weight is 265 g/mol. The van der Waals surface area contributed by atoms with Gasteiger partial charge in [0.15, 0.2) is 0 Å². The molecular formula is C15H27N3O. The highest BCUT2D eigenvalue weighted by atomic mass is 16.2. The van der Waals surface area contributed by atoms with Crippen molar-refractivity contribution in [3.8, 4) is 0 Å². The number of carbonyl (C=O) groups is 1. The molecule has 0 aromatic heterocycles. The molecule has 1 amide bonds. The molecule has 19 heavy (non-hydrogen) atoms. The number of likely N-dealkylation sites (tertiary alicyclic amines) is 1. The summed E-state index contributed by atoms with van der Waals surface area (Å²) in [5, 5.41) is 3.48. The molecule has 4 heteroatoms. The summed E-state index contributed by atoms with van der Waals surface area (Å²) in [6, 6.07) is 1.27. The van der Waals surface area contributed by atoms with Crippen molar-refractivity contribution in [1.29, 1.82) is 0 Å². The molecule has 3 aliphatic rings. The van der Waals surface area contributed by atoms with Crippen molar-refractivity contribution in [2.75, 3.05) is 13.1 Å². The van der Waals surface area contributed by atoms with E-state index in [1.165, 1.54) is 19.4 Å². The smallest absolute Gasteiger partial charge is 0.241 e. The van der Waals surface area contributed by atoms with Crippen LogP contribution in [0.3, 0.4) is 0 Å². The lowest BCUT2D eigenvalue weighted by Gasteiger charge is -2.31. The first-order valence-corrected chi connectivity index (χ1v) is 7.88. The van der Waals surface area contributed by atoms with Crippen LogP contribution in [-0.4, -0.2) is 53.1 Å². The van der Waals surface area contributed by atoms with Gasteiger partial charge in [0.25, 0.3) is 0 Å². The Morgan fingerprint density at radius 2 is 2.00 bits per heavy atom. The first-order chi connectivity index (χ1) is 9.06. The minimum atomic E-state index is -0.00118. The fraction of sp³-hybridized carbons (Fsp3) is 0.933. The van der Waals surface area contributed by atoms with Crippen LogP contribution >= 0.6 is 0 Å². The van der Waals surface area contributed by atoms with Gasteiger partial charge in [0.05, 0.1) is 12.2 Å². The Morgan fingerprint density at radius 3 is 2.63 bits per heavy atom. The molecule has 4 nitrogen and oxygen atoms in total. The van der Waals surface area contributed by atoms with Crippen molar-refractivity contribution in [1.82, 2.24) is 15.1 Å². The minimum absolute atomic E-state index is 0.00118. The molecule has 0 radical (unpaired) electrons. The van der Waals surface area contributed by atoms with E-state index in [1.54, 1.807) is 0 Å². The van der Waals surface area contributed by atoms with Crippen molar-refractivity contribution in [2.24, 2.45) is 5.92 Å². The minimum Gasteiger partial charge on any atom is -0.321 e. The van der Waals surface area contributed by atoms with E-state index in [0.29, 0.717) is 17.9 Å². The van der Waals surface area contributed by atoms with Gasteiger partial charge < -0.3 is 4.90 Å². The molecule has 3 unspecified atom stereocenters. The van der Waals surface area contributed by atoms with Crippen LogP contribution in [-0.2, 0) is 4.79 Å². The molecule has 3 fully saturated rings. The number of carbonyl (C=O) groups excluding carboxylic acids is 1. The summed E-state index contributed by atoms with van der Waals surface area (Å²) in [6.07, 6.45) is 5.21. The quantitative estimate of drug-likeness (QED) is 0.835. The standard InChI is InChI=1S/C15H27N3O/c1-10(2)8-14-16-11(3)15(19)18(14)13-6-7-17(9-13)12-4-5-12/h10-14,16H,4-9H2,1-3H3. The molecule has 1 saturated carbocycles. The average Bonchev–Trinajstić information content (AvgIpc) is 3.01. The number of nitrogens with one attached hydrogen (secondary N) is 1. The van der Waals surface area contributed by atoms with Crippen LogP contribution in [0.1, 0.15) is 46.5 Å². The van der Waals surface area contributed by atoms with E-state index in [-0.39, 0.29) is 12.2 Å². The van der Waals surface area contributed by atoms with Gasteiger partial charge in [-0.25, -0.2) is 0 Å². The van der Waals surface area contributed by atoms with Crippen LogP contribution in [0.5, 0.6) is 0 Å². The maximum atomic E-state index is 12.4. The second kappa shape index (κ2) is 5.06. The molecule has 1 N–H and O–H groups in total. The zero-order valence-electron chi connectivity index (χ0n) is 12.4. The van der Waals surface area contributed by atoms with E-state index in [1.807, 2.05) is 6.92 Å². The summed E-state index contributed by atoms with van der Waals surface area (Å²) in [5.74, 6) is 0.937. The number of nitrogens with zero attached hydrogens (tertiary/aromatic N) is 2. The predicted molar refractivity (Wildman–Crippen MR) is 75.7 cm³/mol. The van der Waals surface area contributed by atoms with Gasteiger partial charge in [-0.1, -0.05) is 13.8 Å². The monoisotopic (exact) mass is 265 g/mol.